The summed E-state index contributed by atoms with van der Waals surface area (Å²) in [4.78, 5) is 2.98. The topological polar surface area (TPSA) is 48.8 Å². The molecule has 0 aliphatic rings. The molecule has 2 rings (SSSR count). The first-order valence-electron chi connectivity index (χ1n) is 6.45. The highest BCUT2D eigenvalue weighted by Gasteiger charge is 2.14. The highest BCUT2D eigenvalue weighted by atomic mass is 15.1. The molecule has 3 nitrogen and oxygen atoms in total. The molecule has 0 aliphatic carbocycles. The van der Waals surface area contributed by atoms with Gasteiger partial charge in [0.05, 0.1) is 6.04 Å². The molecule has 2 aromatic rings. The zero-order chi connectivity index (χ0) is 13.5. The summed E-state index contributed by atoms with van der Waals surface area (Å²) in [5.41, 5.74) is 11.1. The van der Waals surface area contributed by atoms with Crippen LogP contribution in [0.15, 0.2) is 65.8 Å². The molecule has 2 aromatic carbocycles. The summed E-state index contributed by atoms with van der Waals surface area (Å²) < 4.78 is 0. The van der Waals surface area contributed by atoms with Gasteiger partial charge in [0.15, 0.2) is 0 Å². The molecule has 0 amide bonds. The Hall–Kier alpha value is -2.25. The zero-order valence-corrected chi connectivity index (χ0v) is 11.0. The van der Waals surface area contributed by atoms with E-state index in [1.54, 1.807) is 0 Å². The predicted molar refractivity (Wildman–Crippen MR) is 77.8 cm³/mol. The van der Waals surface area contributed by atoms with Crippen LogP contribution in [0.4, 0.5) is 0 Å². The van der Waals surface area contributed by atoms with Gasteiger partial charge >= 0.3 is 0 Å². The normalized spacial score (nSPS) is 13.3. The lowest BCUT2D eigenvalue weighted by molar-refractivity contribution is 0.572. The molecule has 0 aromatic heterocycles. The summed E-state index contributed by atoms with van der Waals surface area (Å²) in [7, 11) is 0. The lowest BCUT2D eigenvalue weighted by atomic mass is 9.91. The Morgan fingerprint density at radius 1 is 0.947 bits per heavy atom. The highest BCUT2D eigenvalue weighted by molar-refractivity contribution is 5.23. The van der Waals surface area contributed by atoms with Crippen LogP contribution in [0.25, 0.3) is 10.4 Å². The fourth-order valence-corrected chi connectivity index (χ4v) is 2.24. The van der Waals surface area contributed by atoms with E-state index in [1.807, 2.05) is 48.5 Å². The molecule has 2 unspecified atom stereocenters. The maximum atomic E-state index is 8.74. The maximum Gasteiger partial charge on any atom is 0.0631 e. The van der Waals surface area contributed by atoms with Gasteiger partial charge in [0, 0.05) is 4.91 Å². The van der Waals surface area contributed by atoms with Crippen LogP contribution in [0.1, 0.15) is 36.4 Å². The van der Waals surface area contributed by atoms with Gasteiger partial charge in [-0.25, -0.2) is 0 Å². The molecule has 0 bridgehead atoms. The molecular formula is C16H17N3. The van der Waals surface area contributed by atoms with Crippen molar-refractivity contribution in [3.05, 3.63) is 82.2 Å². The molecule has 2 atom stereocenters. The molecule has 0 saturated carbocycles. The van der Waals surface area contributed by atoms with E-state index in [9.17, 15) is 0 Å². The molecule has 19 heavy (non-hydrogen) atoms. The minimum atomic E-state index is -0.110. The number of hydrogen-bond donors (Lipinski definition) is 0. The van der Waals surface area contributed by atoms with E-state index in [1.165, 1.54) is 5.56 Å². The van der Waals surface area contributed by atoms with Crippen molar-refractivity contribution in [1.29, 1.82) is 0 Å². The van der Waals surface area contributed by atoms with Crippen molar-refractivity contribution in [2.45, 2.75) is 25.3 Å². The quantitative estimate of drug-likeness (QED) is 0.397. The van der Waals surface area contributed by atoms with Crippen molar-refractivity contribution in [2.75, 3.05) is 0 Å². The SMILES string of the molecule is CC(CC(N=[N+]=[N-])c1ccccc1)c1ccccc1. The van der Waals surface area contributed by atoms with E-state index in [-0.39, 0.29) is 6.04 Å². The van der Waals surface area contributed by atoms with Gasteiger partial charge < -0.3 is 0 Å². The van der Waals surface area contributed by atoms with E-state index in [4.69, 9.17) is 5.53 Å². The first-order valence-corrected chi connectivity index (χ1v) is 6.45. The number of benzene rings is 2. The predicted octanol–water partition coefficient (Wildman–Crippen LogP) is 5.23. The Labute approximate surface area is 113 Å². The van der Waals surface area contributed by atoms with Crippen molar-refractivity contribution in [3.8, 4) is 0 Å². The average Bonchev–Trinajstić information content (AvgIpc) is 2.48. The maximum absolute atomic E-state index is 8.74. The van der Waals surface area contributed by atoms with Crippen molar-refractivity contribution in [1.82, 2.24) is 0 Å². The summed E-state index contributed by atoms with van der Waals surface area (Å²) in [6.07, 6.45) is 0.818. The summed E-state index contributed by atoms with van der Waals surface area (Å²) in [6, 6.07) is 20.1. The van der Waals surface area contributed by atoms with E-state index in [0.717, 1.165) is 12.0 Å². The van der Waals surface area contributed by atoms with Gasteiger partial charge in [0.25, 0.3) is 0 Å². The second kappa shape index (κ2) is 6.62. The highest BCUT2D eigenvalue weighted by Crippen LogP contribution is 2.30. The van der Waals surface area contributed by atoms with Crippen LogP contribution in [-0.2, 0) is 0 Å². The molecule has 0 fully saturated rings. The van der Waals surface area contributed by atoms with Crippen LogP contribution in [0.2, 0.25) is 0 Å². The fraction of sp³-hybridized carbons (Fsp3) is 0.250. The molecule has 0 radical (unpaired) electrons. The Kier molecular flexibility index (Phi) is 4.60. The Bertz CT molecular complexity index is 545. The minimum Gasteiger partial charge on any atom is -0.0859 e. The standard InChI is InChI=1S/C16H17N3/c1-13(14-8-4-2-5-9-14)12-16(18-19-17)15-10-6-3-7-11-15/h2-11,13,16H,12H2,1H3. The van der Waals surface area contributed by atoms with Crippen LogP contribution < -0.4 is 0 Å². The third kappa shape index (κ3) is 3.60. The summed E-state index contributed by atoms with van der Waals surface area (Å²) in [6.45, 7) is 2.16. The van der Waals surface area contributed by atoms with Crippen molar-refractivity contribution < 1.29 is 0 Å². The molecule has 0 heterocycles. The summed E-state index contributed by atoms with van der Waals surface area (Å²) in [5.74, 6) is 0.358. The van der Waals surface area contributed by atoms with Gasteiger partial charge in [-0.15, -0.1) is 0 Å². The van der Waals surface area contributed by atoms with Crippen LogP contribution in [0.5, 0.6) is 0 Å². The summed E-state index contributed by atoms with van der Waals surface area (Å²) in [5, 5.41) is 3.94. The molecule has 0 saturated heterocycles. The zero-order valence-electron chi connectivity index (χ0n) is 11.0. The Morgan fingerprint density at radius 2 is 1.47 bits per heavy atom. The molecular weight excluding hydrogens is 234 g/mol. The molecule has 3 heteroatoms. The molecule has 0 aliphatic heterocycles. The molecule has 0 N–H and O–H groups in total. The second-order valence-electron chi connectivity index (χ2n) is 4.68. The number of nitrogens with zero attached hydrogens (tertiary/aromatic N) is 3. The van der Waals surface area contributed by atoms with Gasteiger partial charge in [-0.3, -0.25) is 0 Å². The average molecular weight is 251 g/mol. The fourth-order valence-electron chi connectivity index (χ4n) is 2.24. The third-order valence-electron chi connectivity index (χ3n) is 3.32. The lowest BCUT2D eigenvalue weighted by Gasteiger charge is -2.17. The van der Waals surface area contributed by atoms with E-state index < -0.39 is 0 Å². The summed E-state index contributed by atoms with van der Waals surface area (Å²) >= 11 is 0. The van der Waals surface area contributed by atoms with Gasteiger partial charge in [-0.1, -0.05) is 72.7 Å². The van der Waals surface area contributed by atoms with Crippen LogP contribution in [0, 0.1) is 0 Å². The van der Waals surface area contributed by atoms with Crippen molar-refractivity contribution in [3.63, 3.8) is 0 Å². The van der Waals surface area contributed by atoms with Gasteiger partial charge in [-0.05, 0) is 29.0 Å². The Morgan fingerprint density at radius 3 is 2.00 bits per heavy atom. The van der Waals surface area contributed by atoms with Crippen molar-refractivity contribution >= 4 is 0 Å². The first-order chi connectivity index (χ1) is 9.31. The minimum absolute atomic E-state index is 0.110. The van der Waals surface area contributed by atoms with Crippen LogP contribution in [0.3, 0.4) is 0 Å². The van der Waals surface area contributed by atoms with Crippen LogP contribution in [-0.4, -0.2) is 0 Å². The van der Waals surface area contributed by atoms with Crippen molar-refractivity contribution in [2.24, 2.45) is 5.11 Å². The first kappa shape index (κ1) is 13.2. The van der Waals surface area contributed by atoms with Gasteiger partial charge in [0.1, 0.15) is 0 Å². The van der Waals surface area contributed by atoms with E-state index in [0.29, 0.717) is 5.92 Å². The Balaban J connectivity index is 2.16. The van der Waals surface area contributed by atoms with Gasteiger partial charge in [-0.2, -0.15) is 0 Å². The lowest BCUT2D eigenvalue weighted by Crippen LogP contribution is -2.01. The van der Waals surface area contributed by atoms with Gasteiger partial charge in [0.2, 0.25) is 0 Å². The molecule has 96 valence electrons. The van der Waals surface area contributed by atoms with Crippen LogP contribution >= 0.6 is 0 Å². The van der Waals surface area contributed by atoms with E-state index >= 15 is 0 Å². The van der Waals surface area contributed by atoms with E-state index in [2.05, 4.69) is 29.1 Å². The smallest absolute Gasteiger partial charge is 0.0631 e. The second-order valence-corrected chi connectivity index (χ2v) is 4.68. The third-order valence-corrected chi connectivity index (χ3v) is 3.32. The largest absolute Gasteiger partial charge is 0.0859 e. The molecule has 0 spiro atoms. The number of rotatable bonds is 5. The number of hydrogen-bond acceptors (Lipinski definition) is 1. The monoisotopic (exact) mass is 251 g/mol. The number of azide groups is 1.